The van der Waals surface area contributed by atoms with E-state index in [4.69, 9.17) is 4.84 Å². The summed E-state index contributed by atoms with van der Waals surface area (Å²) in [7, 11) is 0. The average molecular weight is 367 g/mol. The van der Waals surface area contributed by atoms with Gasteiger partial charge in [0.25, 0.3) is 0 Å². The van der Waals surface area contributed by atoms with Crippen LogP contribution in [-0.4, -0.2) is 35.1 Å². The molecule has 2 aromatic rings. The Bertz CT molecular complexity index is 717. The molecule has 0 aromatic heterocycles. The summed E-state index contributed by atoms with van der Waals surface area (Å²) in [5.74, 6) is 0. The fraction of sp³-hybridized carbons (Fsp3) is 0.435. The summed E-state index contributed by atoms with van der Waals surface area (Å²) in [5.41, 5.74) is 1.61. The first-order chi connectivity index (χ1) is 12.9. The van der Waals surface area contributed by atoms with E-state index < -0.39 is 11.1 Å². The lowest BCUT2D eigenvalue weighted by molar-refractivity contribution is -0.266. The SMILES string of the molecule is CC(C)(C)ON(C=O)C1(c2ccccc2)CCN(Cc2ccccc2)CC1. The van der Waals surface area contributed by atoms with Crippen LogP contribution in [0.25, 0.3) is 0 Å². The lowest BCUT2D eigenvalue weighted by Crippen LogP contribution is -2.54. The molecule has 0 unspecified atom stereocenters. The van der Waals surface area contributed by atoms with Gasteiger partial charge in [-0.25, -0.2) is 5.06 Å². The van der Waals surface area contributed by atoms with E-state index in [0.717, 1.165) is 44.4 Å². The van der Waals surface area contributed by atoms with E-state index in [0.29, 0.717) is 0 Å². The van der Waals surface area contributed by atoms with E-state index in [-0.39, 0.29) is 0 Å². The van der Waals surface area contributed by atoms with Crippen molar-refractivity contribution in [3.8, 4) is 0 Å². The van der Waals surface area contributed by atoms with Crippen molar-refractivity contribution >= 4 is 6.41 Å². The van der Waals surface area contributed by atoms with E-state index in [1.807, 2.05) is 45.0 Å². The first-order valence-electron chi connectivity index (χ1n) is 9.68. The van der Waals surface area contributed by atoms with Gasteiger partial charge in [-0.2, -0.15) is 0 Å². The van der Waals surface area contributed by atoms with Crippen LogP contribution in [0.15, 0.2) is 60.7 Å². The van der Waals surface area contributed by atoms with Crippen LogP contribution in [-0.2, 0) is 21.7 Å². The van der Waals surface area contributed by atoms with E-state index in [9.17, 15) is 4.79 Å². The number of rotatable bonds is 6. The second kappa shape index (κ2) is 8.24. The molecule has 3 rings (SSSR count). The Kier molecular flexibility index (Phi) is 5.98. The maximum atomic E-state index is 12.0. The van der Waals surface area contributed by atoms with Gasteiger partial charge in [0, 0.05) is 19.6 Å². The first-order valence-corrected chi connectivity index (χ1v) is 9.68. The number of amides is 1. The predicted molar refractivity (Wildman–Crippen MR) is 108 cm³/mol. The van der Waals surface area contributed by atoms with E-state index in [2.05, 4.69) is 41.3 Å². The van der Waals surface area contributed by atoms with Crippen LogP contribution in [0.4, 0.5) is 0 Å². The summed E-state index contributed by atoms with van der Waals surface area (Å²) < 4.78 is 0. The normalized spacial score (nSPS) is 17.4. The molecule has 0 bridgehead atoms. The Morgan fingerprint density at radius 3 is 2.07 bits per heavy atom. The number of benzene rings is 2. The topological polar surface area (TPSA) is 32.8 Å². The third-order valence-electron chi connectivity index (χ3n) is 5.13. The number of carbonyl (C=O) groups is 1. The van der Waals surface area contributed by atoms with Crippen LogP contribution in [0.5, 0.6) is 0 Å². The van der Waals surface area contributed by atoms with Gasteiger partial charge in [0.2, 0.25) is 6.41 Å². The number of hydroxylamine groups is 2. The molecule has 144 valence electrons. The van der Waals surface area contributed by atoms with Gasteiger partial charge in [-0.15, -0.1) is 0 Å². The van der Waals surface area contributed by atoms with Crippen molar-refractivity contribution < 1.29 is 9.63 Å². The fourth-order valence-electron chi connectivity index (χ4n) is 3.81. The molecule has 4 heteroatoms. The van der Waals surface area contributed by atoms with Crippen LogP contribution in [0.1, 0.15) is 44.7 Å². The van der Waals surface area contributed by atoms with Crippen molar-refractivity contribution in [2.75, 3.05) is 13.1 Å². The monoisotopic (exact) mass is 366 g/mol. The van der Waals surface area contributed by atoms with E-state index in [1.165, 1.54) is 5.56 Å². The van der Waals surface area contributed by atoms with Crippen molar-refractivity contribution in [3.63, 3.8) is 0 Å². The fourth-order valence-corrected chi connectivity index (χ4v) is 3.81. The van der Waals surface area contributed by atoms with Gasteiger partial charge in [-0.1, -0.05) is 60.7 Å². The average Bonchev–Trinajstić information content (AvgIpc) is 2.68. The second-order valence-corrected chi connectivity index (χ2v) is 8.29. The van der Waals surface area contributed by atoms with Crippen LogP contribution < -0.4 is 0 Å². The Morgan fingerprint density at radius 2 is 1.56 bits per heavy atom. The van der Waals surface area contributed by atoms with Crippen molar-refractivity contribution in [1.82, 2.24) is 9.96 Å². The molecule has 0 N–H and O–H groups in total. The highest BCUT2D eigenvalue weighted by molar-refractivity contribution is 5.49. The molecule has 1 aliphatic rings. The minimum absolute atomic E-state index is 0.427. The lowest BCUT2D eigenvalue weighted by Gasteiger charge is -2.48. The number of hydrogen-bond acceptors (Lipinski definition) is 3. The molecule has 1 heterocycles. The smallest absolute Gasteiger partial charge is 0.234 e. The summed E-state index contributed by atoms with van der Waals surface area (Å²) >= 11 is 0. The molecule has 0 aliphatic carbocycles. The summed E-state index contributed by atoms with van der Waals surface area (Å²) in [6, 6.07) is 20.8. The zero-order valence-electron chi connectivity index (χ0n) is 16.6. The Morgan fingerprint density at radius 1 is 1.00 bits per heavy atom. The molecular weight excluding hydrogens is 336 g/mol. The molecule has 2 aromatic carbocycles. The third kappa shape index (κ3) is 4.76. The van der Waals surface area contributed by atoms with Crippen LogP contribution >= 0.6 is 0 Å². The minimum atomic E-state index is -0.427. The zero-order chi connectivity index (χ0) is 19.3. The maximum absolute atomic E-state index is 12.0. The Labute approximate surface area is 162 Å². The van der Waals surface area contributed by atoms with Crippen LogP contribution in [0.2, 0.25) is 0 Å². The summed E-state index contributed by atoms with van der Waals surface area (Å²) in [6.07, 6.45) is 2.54. The minimum Gasteiger partial charge on any atom is -0.299 e. The third-order valence-corrected chi connectivity index (χ3v) is 5.13. The molecule has 27 heavy (non-hydrogen) atoms. The standard InChI is InChI=1S/C23H30N2O2/c1-22(2,3)27-25(19-26)23(21-12-8-5-9-13-21)14-16-24(17-15-23)18-20-10-6-4-7-11-20/h4-13,19H,14-18H2,1-3H3. The van der Waals surface area contributed by atoms with Crippen molar-refractivity contribution in [3.05, 3.63) is 71.8 Å². The molecule has 0 atom stereocenters. The summed E-state index contributed by atoms with van der Waals surface area (Å²) in [4.78, 5) is 20.6. The van der Waals surface area contributed by atoms with Crippen molar-refractivity contribution in [1.29, 1.82) is 0 Å². The van der Waals surface area contributed by atoms with Gasteiger partial charge in [-0.05, 0) is 44.7 Å². The van der Waals surface area contributed by atoms with Gasteiger partial charge in [0.15, 0.2) is 0 Å². The molecule has 1 fully saturated rings. The van der Waals surface area contributed by atoms with Gasteiger partial charge >= 0.3 is 0 Å². The summed E-state index contributed by atoms with van der Waals surface area (Å²) in [6.45, 7) is 8.71. The molecule has 0 radical (unpaired) electrons. The van der Waals surface area contributed by atoms with Gasteiger partial charge in [0.1, 0.15) is 0 Å². The quantitative estimate of drug-likeness (QED) is 0.562. The highest BCUT2D eigenvalue weighted by atomic mass is 16.7. The molecule has 1 aliphatic heterocycles. The Hall–Kier alpha value is -2.17. The number of hydrogen-bond donors (Lipinski definition) is 0. The number of likely N-dealkylation sites (tertiary alicyclic amines) is 1. The highest BCUT2D eigenvalue weighted by Gasteiger charge is 2.43. The maximum Gasteiger partial charge on any atom is 0.234 e. The first kappa shape index (κ1) is 19.6. The largest absolute Gasteiger partial charge is 0.299 e. The zero-order valence-corrected chi connectivity index (χ0v) is 16.6. The Balaban J connectivity index is 1.81. The van der Waals surface area contributed by atoms with Gasteiger partial charge in [0.05, 0.1) is 11.1 Å². The van der Waals surface area contributed by atoms with E-state index in [1.54, 1.807) is 5.06 Å². The molecule has 0 spiro atoms. The van der Waals surface area contributed by atoms with Gasteiger partial charge < -0.3 is 0 Å². The molecule has 1 amide bonds. The second-order valence-electron chi connectivity index (χ2n) is 8.29. The molecule has 4 nitrogen and oxygen atoms in total. The molecular formula is C23H30N2O2. The molecule has 1 saturated heterocycles. The van der Waals surface area contributed by atoms with Crippen molar-refractivity contribution in [2.24, 2.45) is 0 Å². The predicted octanol–water partition coefficient (Wildman–Crippen LogP) is 4.37. The summed E-state index contributed by atoms with van der Waals surface area (Å²) in [5, 5.41) is 1.57. The van der Waals surface area contributed by atoms with E-state index >= 15 is 0 Å². The van der Waals surface area contributed by atoms with Gasteiger partial charge in [-0.3, -0.25) is 14.5 Å². The van der Waals surface area contributed by atoms with Crippen LogP contribution in [0.3, 0.4) is 0 Å². The highest BCUT2D eigenvalue weighted by Crippen LogP contribution is 2.39. The number of nitrogens with zero attached hydrogens (tertiary/aromatic N) is 2. The lowest BCUT2D eigenvalue weighted by atomic mass is 9.80. The van der Waals surface area contributed by atoms with Crippen molar-refractivity contribution in [2.45, 2.75) is 51.3 Å². The van der Waals surface area contributed by atoms with Crippen LogP contribution in [0, 0.1) is 0 Å². The molecule has 0 saturated carbocycles. The number of piperidine rings is 1. The number of carbonyl (C=O) groups excluding carboxylic acids is 1.